The van der Waals surface area contributed by atoms with Crippen molar-refractivity contribution in [2.24, 2.45) is 5.73 Å². The highest BCUT2D eigenvalue weighted by molar-refractivity contribution is 5.76. The molecular formula is C8H14N4O. The van der Waals surface area contributed by atoms with Gasteiger partial charge in [-0.3, -0.25) is 4.79 Å². The molecule has 1 aromatic heterocycles. The second-order valence-electron chi connectivity index (χ2n) is 2.99. The fourth-order valence-corrected chi connectivity index (χ4v) is 1.15. The van der Waals surface area contributed by atoms with Gasteiger partial charge in [0, 0.05) is 6.54 Å². The molecule has 0 atom stereocenters. The van der Waals surface area contributed by atoms with Gasteiger partial charge in [-0.05, 0) is 13.3 Å². The summed E-state index contributed by atoms with van der Waals surface area (Å²) in [6.45, 7) is 4.79. The summed E-state index contributed by atoms with van der Waals surface area (Å²) in [4.78, 5) is 10.6. The first-order chi connectivity index (χ1) is 6.15. The van der Waals surface area contributed by atoms with E-state index in [0.29, 0.717) is 5.69 Å². The summed E-state index contributed by atoms with van der Waals surface area (Å²) in [5.74, 6) is -0.369. The molecule has 0 fully saturated rings. The number of nitrogens with two attached hydrogens (primary N) is 1. The average Bonchev–Trinajstić information content (AvgIpc) is 2.36. The Bertz CT molecular complexity index is 305. The molecule has 1 amide bonds. The second-order valence-corrected chi connectivity index (χ2v) is 2.99. The highest BCUT2D eigenvalue weighted by atomic mass is 16.1. The fraction of sp³-hybridized carbons (Fsp3) is 0.625. The average molecular weight is 182 g/mol. The summed E-state index contributed by atoms with van der Waals surface area (Å²) in [6.07, 6.45) is 1.18. The van der Waals surface area contributed by atoms with Crippen molar-refractivity contribution in [1.29, 1.82) is 0 Å². The summed E-state index contributed by atoms with van der Waals surface area (Å²) in [5.41, 5.74) is 6.67. The molecule has 0 saturated heterocycles. The van der Waals surface area contributed by atoms with Crippen molar-refractivity contribution in [3.8, 4) is 0 Å². The molecule has 0 aromatic carbocycles. The molecule has 5 heteroatoms. The van der Waals surface area contributed by atoms with Crippen LogP contribution in [0.2, 0.25) is 0 Å². The molecule has 0 aliphatic heterocycles. The van der Waals surface area contributed by atoms with Gasteiger partial charge in [0.05, 0.1) is 17.8 Å². The zero-order chi connectivity index (χ0) is 9.84. The molecule has 5 nitrogen and oxygen atoms in total. The zero-order valence-corrected chi connectivity index (χ0v) is 7.95. The molecule has 0 saturated carbocycles. The maximum Gasteiger partial charge on any atom is 0.223 e. The molecule has 1 rings (SSSR count). The van der Waals surface area contributed by atoms with Crippen molar-refractivity contribution in [2.45, 2.75) is 33.2 Å². The monoisotopic (exact) mass is 182 g/mol. The summed E-state index contributed by atoms with van der Waals surface area (Å²) in [7, 11) is 0. The zero-order valence-electron chi connectivity index (χ0n) is 7.95. The number of amides is 1. The van der Waals surface area contributed by atoms with E-state index in [9.17, 15) is 4.79 Å². The van der Waals surface area contributed by atoms with Crippen molar-refractivity contribution in [3.05, 3.63) is 11.4 Å². The molecule has 1 heterocycles. The first-order valence-electron chi connectivity index (χ1n) is 4.32. The summed E-state index contributed by atoms with van der Waals surface area (Å²) < 4.78 is 1.79. The molecule has 0 aliphatic carbocycles. The third-order valence-corrected chi connectivity index (χ3v) is 1.86. The Balaban J connectivity index is 2.79. The van der Waals surface area contributed by atoms with Crippen molar-refractivity contribution in [1.82, 2.24) is 15.0 Å². The van der Waals surface area contributed by atoms with E-state index in [-0.39, 0.29) is 12.3 Å². The molecular weight excluding hydrogens is 168 g/mol. The van der Waals surface area contributed by atoms with Gasteiger partial charge in [0.2, 0.25) is 5.91 Å². The maximum atomic E-state index is 10.6. The highest BCUT2D eigenvalue weighted by Crippen LogP contribution is 2.04. The molecule has 0 unspecified atom stereocenters. The highest BCUT2D eigenvalue weighted by Gasteiger charge is 2.09. The van der Waals surface area contributed by atoms with Crippen LogP contribution in [0.3, 0.4) is 0 Å². The van der Waals surface area contributed by atoms with E-state index in [1.54, 1.807) is 4.68 Å². The number of aryl methyl sites for hydroxylation is 1. The Morgan fingerprint density at radius 3 is 2.85 bits per heavy atom. The van der Waals surface area contributed by atoms with Crippen LogP contribution in [-0.2, 0) is 17.8 Å². The van der Waals surface area contributed by atoms with E-state index in [0.717, 1.165) is 18.7 Å². The van der Waals surface area contributed by atoms with Crippen molar-refractivity contribution in [3.63, 3.8) is 0 Å². The summed E-state index contributed by atoms with van der Waals surface area (Å²) in [5, 5.41) is 7.80. The maximum absolute atomic E-state index is 10.6. The van der Waals surface area contributed by atoms with E-state index >= 15 is 0 Å². The summed E-state index contributed by atoms with van der Waals surface area (Å²) >= 11 is 0. The van der Waals surface area contributed by atoms with Gasteiger partial charge in [0.25, 0.3) is 0 Å². The smallest absolute Gasteiger partial charge is 0.223 e. The van der Waals surface area contributed by atoms with E-state index in [4.69, 9.17) is 5.73 Å². The van der Waals surface area contributed by atoms with Gasteiger partial charge < -0.3 is 5.73 Å². The van der Waals surface area contributed by atoms with E-state index < -0.39 is 0 Å². The number of carbonyl (C=O) groups excluding carboxylic acids is 1. The number of hydrogen-bond acceptors (Lipinski definition) is 3. The molecule has 2 N–H and O–H groups in total. The lowest BCUT2D eigenvalue weighted by Crippen LogP contribution is -2.14. The molecule has 0 aliphatic rings. The molecule has 1 aromatic rings. The Morgan fingerprint density at radius 1 is 1.62 bits per heavy atom. The number of carbonyl (C=O) groups is 1. The van der Waals surface area contributed by atoms with Gasteiger partial charge in [-0.1, -0.05) is 12.1 Å². The minimum Gasteiger partial charge on any atom is -0.369 e. The standard InChI is InChI=1S/C8H14N4O/c1-3-4-12-6(2)7(10-11-12)5-8(9)13/h3-5H2,1-2H3,(H2,9,13). The predicted octanol–water partition coefficient (Wildman–Crippen LogP) is 0.0243. The number of aromatic nitrogens is 3. The van der Waals surface area contributed by atoms with Gasteiger partial charge in [-0.2, -0.15) is 0 Å². The van der Waals surface area contributed by atoms with Crippen molar-refractivity contribution < 1.29 is 4.79 Å². The fourth-order valence-electron chi connectivity index (χ4n) is 1.15. The predicted molar refractivity (Wildman–Crippen MR) is 47.9 cm³/mol. The van der Waals surface area contributed by atoms with Crippen LogP contribution in [0.15, 0.2) is 0 Å². The van der Waals surface area contributed by atoms with Gasteiger partial charge in [-0.25, -0.2) is 4.68 Å². The van der Waals surface area contributed by atoms with Gasteiger partial charge >= 0.3 is 0 Å². The van der Waals surface area contributed by atoms with Crippen LogP contribution >= 0.6 is 0 Å². The van der Waals surface area contributed by atoms with Gasteiger partial charge in [0.15, 0.2) is 0 Å². The second kappa shape index (κ2) is 4.02. The quantitative estimate of drug-likeness (QED) is 0.713. The van der Waals surface area contributed by atoms with Crippen LogP contribution in [0.4, 0.5) is 0 Å². The first-order valence-corrected chi connectivity index (χ1v) is 4.32. The van der Waals surface area contributed by atoms with Crippen LogP contribution < -0.4 is 5.73 Å². The minimum absolute atomic E-state index is 0.176. The Hall–Kier alpha value is -1.39. The van der Waals surface area contributed by atoms with Crippen LogP contribution in [0.25, 0.3) is 0 Å². The molecule has 0 spiro atoms. The number of rotatable bonds is 4. The van der Waals surface area contributed by atoms with Crippen LogP contribution in [0, 0.1) is 6.92 Å². The number of primary amides is 1. The number of nitrogens with zero attached hydrogens (tertiary/aromatic N) is 3. The third-order valence-electron chi connectivity index (χ3n) is 1.86. The van der Waals surface area contributed by atoms with Crippen LogP contribution in [0.1, 0.15) is 24.7 Å². The van der Waals surface area contributed by atoms with Crippen LogP contribution in [0.5, 0.6) is 0 Å². The molecule has 0 radical (unpaired) electrons. The number of hydrogen-bond donors (Lipinski definition) is 1. The lowest BCUT2D eigenvalue weighted by Gasteiger charge is -1.99. The van der Waals surface area contributed by atoms with E-state index in [1.165, 1.54) is 0 Å². The van der Waals surface area contributed by atoms with Crippen molar-refractivity contribution in [2.75, 3.05) is 0 Å². The SMILES string of the molecule is CCCn1nnc(CC(N)=O)c1C. The topological polar surface area (TPSA) is 73.8 Å². The summed E-state index contributed by atoms with van der Waals surface area (Å²) in [6, 6.07) is 0. The minimum atomic E-state index is -0.369. The third kappa shape index (κ3) is 2.27. The van der Waals surface area contributed by atoms with Gasteiger partial charge in [0.1, 0.15) is 0 Å². The lowest BCUT2D eigenvalue weighted by atomic mass is 10.2. The van der Waals surface area contributed by atoms with E-state index in [1.807, 2.05) is 6.92 Å². The van der Waals surface area contributed by atoms with Gasteiger partial charge in [-0.15, -0.1) is 5.10 Å². The molecule has 72 valence electrons. The Labute approximate surface area is 76.9 Å². The Kier molecular flexibility index (Phi) is 3.00. The largest absolute Gasteiger partial charge is 0.369 e. The van der Waals surface area contributed by atoms with E-state index in [2.05, 4.69) is 17.2 Å². The normalized spacial score (nSPS) is 10.3. The lowest BCUT2D eigenvalue weighted by molar-refractivity contribution is -0.117. The first kappa shape index (κ1) is 9.70. The molecule has 0 bridgehead atoms. The molecule has 13 heavy (non-hydrogen) atoms. The Morgan fingerprint density at radius 2 is 2.31 bits per heavy atom. The van der Waals surface area contributed by atoms with Crippen molar-refractivity contribution >= 4 is 5.91 Å². The van der Waals surface area contributed by atoms with Crippen LogP contribution in [-0.4, -0.2) is 20.9 Å².